The molecule has 0 amide bonds. The largest absolute Gasteiger partial charge is 0.455 e. The van der Waals surface area contributed by atoms with E-state index < -0.39 is 0 Å². The highest BCUT2D eigenvalue weighted by Crippen LogP contribution is 2.49. The molecule has 0 atom stereocenters. The lowest BCUT2D eigenvalue weighted by Gasteiger charge is -2.25. The summed E-state index contributed by atoms with van der Waals surface area (Å²) in [6, 6.07) is 51.3. The predicted molar refractivity (Wildman–Crippen MR) is 167 cm³/mol. The zero-order valence-corrected chi connectivity index (χ0v) is 22.9. The van der Waals surface area contributed by atoms with Crippen molar-refractivity contribution in [3.8, 4) is 33.8 Å². The maximum atomic E-state index is 6.47. The third-order valence-corrected chi connectivity index (χ3v) is 8.31. The molecule has 0 N–H and O–H groups in total. The van der Waals surface area contributed by atoms with Crippen molar-refractivity contribution >= 4 is 28.8 Å². The lowest BCUT2D eigenvalue weighted by atomic mass is 10.0. The van der Waals surface area contributed by atoms with Gasteiger partial charge in [0.2, 0.25) is 0 Å². The van der Waals surface area contributed by atoms with Crippen molar-refractivity contribution in [1.29, 1.82) is 0 Å². The number of ether oxygens (including phenoxy) is 1. The molecule has 3 heteroatoms. The summed E-state index contributed by atoms with van der Waals surface area (Å²) in [6.45, 7) is 2.11. The average Bonchev–Trinajstić information content (AvgIpc) is 3.01. The summed E-state index contributed by atoms with van der Waals surface area (Å²) < 4.78 is 6.47. The molecule has 1 aliphatic rings. The van der Waals surface area contributed by atoms with E-state index in [-0.39, 0.29) is 0 Å². The summed E-state index contributed by atoms with van der Waals surface area (Å²) in [5.74, 6) is 1.81. The smallest absolute Gasteiger partial charge is 0.142 e. The molecule has 6 aromatic carbocycles. The Balaban J connectivity index is 1.18. The lowest BCUT2D eigenvalue weighted by Crippen LogP contribution is -2.09. The van der Waals surface area contributed by atoms with Gasteiger partial charge in [0.25, 0.3) is 0 Å². The normalized spacial score (nSPS) is 11.7. The highest BCUT2D eigenvalue weighted by atomic mass is 32.2. The van der Waals surface area contributed by atoms with Crippen LogP contribution in [0.1, 0.15) is 5.56 Å². The molecule has 0 saturated carbocycles. The van der Waals surface area contributed by atoms with Crippen molar-refractivity contribution in [1.82, 2.24) is 0 Å². The Morgan fingerprint density at radius 2 is 0.875 bits per heavy atom. The van der Waals surface area contributed by atoms with Crippen LogP contribution in [0.25, 0.3) is 22.3 Å². The second-order valence-corrected chi connectivity index (χ2v) is 11.0. The minimum atomic E-state index is 0.898. The molecule has 0 fully saturated rings. The molecule has 6 aromatic rings. The van der Waals surface area contributed by atoms with Crippen LogP contribution in [0.3, 0.4) is 0 Å². The van der Waals surface area contributed by atoms with Gasteiger partial charge in [0, 0.05) is 17.1 Å². The van der Waals surface area contributed by atoms with Gasteiger partial charge < -0.3 is 9.64 Å². The molecule has 2 nitrogen and oxygen atoms in total. The van der Waals surface area contributed by atoms with Gasteiger partial charge in [-0.25, -0.2) is 0 Å². The molecule has 0 aromatic heterocycles. The number of hydrogen-bond acceptors (Lipinski definition) is 3. The number of aryl methyl sites for hydroxylation is 1. The van der Waals surface area contributed by atoms with Crippen LogP contribution in [0.15, 0.2) is 155 Å². The Morgan fingerprint density at radius 1 is 0.450 bits per heavy atom. The molecule has 40 heavy (non-hydrogen) atoms. The molecule has 1 aliphatic heterocycles. The number of rotatable bonds is 5. The van der Waals surface area contributed by atoms with Crippen LogP contribution in [0.2, 0.25) is 0 Å². The minimum absolute atomic E-state index is 0.898. The monoisotopic (exact) mass is 533 g/mol. The third kappa shape index (κ3) is 4.76. The number of anilines is 3. The summed E-state index contributed by atoms with van der Waals surface area (Å²) in [6.07, 6.45) is 0. The molecule has 0 unspecified atom stereocenters. The van der Waals surface area contributed by atoms with Crippen molar-refractivity contribution in [2.75, 3.05) is 4.90 Å². The van der Waals surface area contributed by atoms with Crippen LogP contribution in [0, 0.1) is 6.92 Å². The maximum absolute atomic E-state index is 6.47. The van der Waals surface area contributed by atoms with Gasteiger partial charge in [-0.15, -0.1) is 0 Å². The van der Waals surface area contributed by atoms with Crippen molar-refractivity contribution in [3.63, 3.8) is 0 Å². The van der Waals surface area contributed by atoms with Gasteiger partial charge in [-0.1, -0.05) is 102 Å². The predicted octanol–water partition coefficient (Wildman–Crippen LogP) is 11.1. The van der Waals surface area contributed by atoms with Crippen molar-refractivity contribution in [2.45, 2.75) is 16.7 Å². The summed E-state index contributed by atoms with van der Waals surface area (Å²) in [7, 11) is 0. The second-order valence-electron chi connectivity index (χ2n) is 9.95. The minimum Gasteiger partial charge on any atom is -0.455 e. The van der Waals surface area contributed by atoms with Crippen LogP contribution in [0.5, 0.6) is 11.5 Å². The first kappa shape index (κ1) is 24.3. The third-order valence-electron chi connectivity index (χ3n) is 7.20. The SMILES string of the molecule is Cc1ccc(-c2ccc3c(c2)Oc2cc(-c4ccc(N(c5ccccc5)c5ccccc5)cc4)ccc2S3)cc1. The Bertz CT molecular complexity index is 1740. The second kappa shape index (κ2) is 10.4. The molecule has 192 valence electrons. The summed E-state index contributed by atoms with van der Waals surface area (Å²) in [5.41, 5.74) is 9.28. The van der Waals surface area contributed by atoms with Gasteiger partial charge in [0.05, 0.1) is 9.79 Å². The summed E-state index contributed by atoms with van der Waals surface area (Å²) >= 11 is 1.76. The first-order valence-electron chi connectivity index (χ1n) is 13.4. The van der Waals surface area contributed by atoms with E-state index >= 15 is 0 Å². The molecule has 0 saturated heterocycles. The molecule has 0 bridgehead atoms. The summed E-state index contributed by atoms with van der Waals surface area (Å²) in [5, 5.41) is 0. The number of nitrogens with zero attached hydrogens (tertiary/aromatic N) is 1. The quantitative estimate of drug-likeness (QED) is 0.218. The maximum Gasteiger partial charge on any atom is 0.142 e. The topological polar surface area (TPSA) is 12.5 Å². The molecular formula is C37H27NOS. The number of hydrogen-bond donors (Lipinski definition) is 0. The fourth-order valence-corrected chi connectivity index (χ4v) is 6.00. The average molecular weight is 534 g/mol. The van der Waals surface area contributed by atoms with E-state index in [1.807, 2.05) is 12.1 Å². The van der Waals surface area contributed by atoms with Crippen molar-refractivity contribution < 1.29 is 4.74 Å². The lowest BCUT2D eigenvalue weighted by molar-refractivity contribution is 0.455. The Kier molecular flexibility index (Phi) is 6.35. The Hall–Kier alpha value is -4.73. The first-order chi connectivity index (χ1) is 19.7. The van der Waals surface area contributed by atoms with Crippen LogP contribution in [-0.4, -0.2) is 0 Å². The van der Waals surface area contributed by atoms with E-state index in [1.54, 1.807) is 11.8 Å². The van der Waals surface area contributed by atoms with Crippen LogP contribution < -0.4 is 9.64 Å². The van der Waals surface area contributed by atoms with Crippen molar-refractivity contribution in [2.24, 2.45) is 0 Å². The fourth-order valence-electron chi connectivity index (χ4n) is 5.09. The molecule has 0 radical (unpaired) electrons. The van der Waals surface area contributed by atoms with Crippen LogP contribution in [-0.2, 0) is 0 Å². The highest BCUT2D eigenvalue weighted by Gasteiger charge is 2.20. The van der Waals surface area contributed by atoms with Gasteiger partial charge in [0.1, 0.15) is 11.5 Å². The van der Waals surface area contributed by atoms with E-state index in [4.69, 9.17) is 4.74 Å². The zero-order valence-electron chi connectivity index (χ0n) is 22.1. The standard InChI is InChI=1S/C37H27NOS/c1-26-12-14-27(15-13-26)29-18-22-36-34(24-29)39-35-25-30(19-23-37(35)40-36)28-16-20-33(21-17-28)38(31-8-4-2-5-9-31)32-10-6-3-7-11-32/h2-25H,1H3. The van der Waals surface area contributed by atoms with Gasteiger partial charge in [-0.2, -0.15) is 0 Å². The summed E-state index contributed by atoms with van der Waals surface area (Å²) in [4.78, 5) is 4.55. The van der Waals surface area contributed by atoms with Gasteiger partial charge in [0.15, 0.2) is 0 Å². The zero-order chi connectivity index (χ0) is 26.9. The molecule has 7 rings (SSSR count). The Labute approximate surface area is 239 Å². The molecular weight excluding hydrogens is 506 g/mol. The number of fused-ring (bicyclic) bond motifs is 2. The first-order valence-corrected chi connectivity index (χ1v) is 14.2. The number of benzene rings is 6. The molecule has 1 heterocycles. The molecule has 0 spiro atoms. The fraction of sp³-hybridized carbons (Fsp3) is 0.0270. The van der Waals surface area contributed by atoms with Crippen LogP contribution in [0.4, 0.5) is 17.1 Å². The number of para-hydroxylation sites is 2. The molecule has 0 aliphatic carbocycles. The van der Waals surface area contributed by atoms with Crippen molar-refractivity contribution in [3.05, 3.63) is 151 Å². The van der Waals surface area contributed by atoms with Gasteiger partial charge in [-0.05, 0) is 89.8 Å². The van der Waals surface area contributed by atoms with E-state index in [0.717, 1.165) is 55.0 Å². The van der Waals surface area contributed by atoms with E-state index in [9.17, 15) is 0 Å². The van der Waals surface area contributed by atoms with Gasteiger partial charge in [-0.3, -0.25) is 0 Å². The van der Waals surface area contributed by atoms with E-state index in [0.29, 0.717) is 0 Å². The van der Waals surface area contributed by atoms with E-state index in [2.05, 4.69) is 145 Å². The highest BCUT2D eigenvalue weighted by molar-refractivity contribution is 7.99. The Morgan fingerprint density at radius 3 is 1.38 bits per heavy atom. The van der Waals surface area contributed by atoms with Crippen LogP contribution >= 0.6 is 11.8 Å². The van der Waals surface area contributed by atoms with Gasteiger partial charge >= 0.3 is 0 Å². The van der Waals surface area contributed by atoms with E-state index in [1.165, 1.54) is 11.1 Å².